The summed E-state index contributed by atoms with van der Waals surface area (Å²) in [6.45, 7) is 0.480. The van der Waals surface area contributed by atoms with Crippen molar-refractivity contribution in [1.29, 1.82) is 0 Å². The fraction of sp³-hybridized carbons (Fsp3) is 0.0909. The molecular formula is C11H9BrN2OS2. The number of nitrogens with one attached hydrogen (secondary N) is 1. The van der Waals surface area contributed by atoms with Gasteiger partial charge in [-0.05, 0) is 39.0 Å². The topological polar surface area (TPSA) is 42.0 Å². The maximum atomic E-state index is 11.5. The van der Waals surface area contributed by atoms with Crippen LogP contribution in [0.25, 0.3) is 6.08 Å². The Kier molecular flexibility index (Phi) is 4.47. The SMILES string of the molecule is O=C(/C=C\c1csc(Br)c1)NCc1nccs1. The highest BCUT2D eigenvalue weighted by Crippen LogP contribution is 2.21. The number of hydrogen-bond donors (Lipinski definition) is 1. The number of carbonyl (C=O) groups excluding carboxylic acids is 1. The summed E-state index contributed by atoms with van der Waals surface area (Å²) >= 11 is 6.49. The Bertz CT molecular complexity index is 519. The lowest BCUT2D eigenvalue weighted by Crippen LogP contribution is -2.19. The third-order valence-corrected chi connectivity index (χ3v) is 4.21. The van der Waals surface area contributed by atoms with Gasteiger partial charge in [-0.2, -0.15) is 0 Å². The van der Waals surface area contributed by atoms with E-state index in [1.165, 1.54) is 17.4 Å². The molecule has 0 aliphatic carbocycles. The molecule has 0 aliphatic rings. The predicted octanol–water partition coefficient (Wildman–Crippen LogP) is 3.30. The van der Waals surface area contributed by atoms with E-state index < -0.39 is 0 Å². The molecule has 2 heterocycles. The third kappa shape index (κ3) is 4.07. The van der Waals surface area contributed by atoms with Gasteiger partial charge in [0.2, 0.25) is 5.91 Å². The van der Waals surface area contributed by atoms with Gasteiger partial charge in [0.05, 0.1) is 10.3 Å². The predicted molar refractivity (Wildman–Crippen MR) is 75.0 cm³/mol. The molecule has 0 spiro atoms. The fourth-order valence-corrected chi connectivity index (χ4v) is 2.84. The van der Waals surface area contributed by atoms with Crippen molar-refractivity contribution in [2.75, 3.05) is 0 Å². The highest BCUT2D eigenvalue weighted by Gasteiger charge is 1.99. The van der Waals surface area contributed by atoms with Crippen molar-refractivity contribution in [1.82, 2.24) is 10.3 Å². The zero-order chi connectivity index (χ0) is 12.1. The normalized spacial score (nSPS) is 10.9. The molecule has 0 bridgehead atoms. The number of nitrogens with zero attached hydrogens (tertiary/aromatic N) is 1. The average Bonchev–Trinajstić information content (AvgIpc) is 2.95. The van der Waals surface area contributed by atoms with Gasteiger partial charge in [0.1, 0.15) is 5.01 Å². The second kappa shape index (κ2) is 6.09. The van der Waals surface area contributed by atoms with Crippen LogP contribution < -0.4 is 5.32 Å². The molecule has 0 fully saturated rings. The zero-order valence-corrected chi connectivity index (χ0v) is 11.9. The molecule has 0 aromatic carbocycles. The average molecular weight is 329 g/mol. The van der Waals surface area contributed by atoms with Gasteiger partial charge in [0.25, 0.3) is 0 Å². The Morgan fingerprint density at radius 3 is 3.06 bits per heavy atom. The molecular weight excluding hydrogens is 320 g/mol. The molecule has 88 valence electrons. The van der Waals surface area contributed by atoms with E-state index in [0.717, 1.165) is 14.4 Å². The first-order valence-electron chi connectivity index (χ1n) is 4.82. The van der Waals surface area contributed by atoms with Crippen molar-refractivity contribution >= 4 is 50.6 Å². The smallest absolute Gasteiger partial charge is 0.244 e. The van der Waals surface area contributed by atoms with Crippen LogP contribution in [-0.2, 0) is 11.3 Å². The molecule has 3 nitrogen and oxygen atoms in total. The van der Waals surface area contributed by atoms with E-state index in [1.54, 1.807) is 23.6 Å². The Morgan fingerprint density at radius 1 is 1.53 bits per heavy atom. The number of rotatable bonds is 4. The Balaban J connectivity index is 1.83. The number of carbonyl (C=O) groups is 1. The number of thiophene rings is 1. The summed E-state index contributed by atoms with van der Waals surface area (Å²) in [4.78, 5) is 15.6. The van der Waals surface area contributed by atoms with Gasteiger partial charge in [-0.1, -0.05) is 0 Å². The van der Waals surface area contributed by atoms with E-state index in [2.05, 4.69) is 26.2 Å². The minimum atomic E-state index is -0.109. The summed E-state index contributed by atoms with van der Waals surface area (Å²) in [6, 6.07) is 1.97. The first-order chi connectivity index (χ1) is 8.24. The molecule has 2 rings (SSSR count). The summed E-state index contributed by atoms with van der Waals surface area (Å²) in [5, 5.41) is 7.55. The van der Waals surface area contributed by atoms with Crippen LogP contribution in [0.15, 0.2) is 32.9 Å². The summed E-state index contributed by atoms with van der Waals surface area (Å²) in [5.41, 5.74) is 1.02. The minimum absolute atomic E-state index is 0.109. The molecule has 0 saturated heterocycles. The van der Waals surface area contributed by atoms with Gasteiger partial charge in [0, 0.05) is 17.7 Å². The van der Waals surface area contributed by atoms with Gasteiger partial charge in [-0.3, -0.25) is 4.79 Å². The van der Waals surface area contributed by atoms with Crippen LogP contribution >= 0.6 is 38.6 Å². The fourth-order valence-electron chi connectivity index (χ4n) is 1.14. The number of aromatic nitrogens is 1. The third-order valence-electron chi connectivity index (χ3n) is 1.91. The largest absolute Gasteiger partial charge is 0.346 e. The van der Waals surface area contributed by atoms with Gasteiger partial charge in [0.15, 0.2) is 0 Å². The van der Waals surface area contributed by atoms with Crippen molar-refractivity contribution in [2.24, 2.45) is 0 Å². The first kappa shape index (κ1) is 12.5. The summed E-state index contributed by atoms with van der Waals surface area (Å²) in [7, 11) is 0. The van der Waals surface area contributed by atoms with Crippen LogP contribution in [-0.4, -0.2) is 10.9 Å². The maximum absolute atomic E-state index is 11.5. The maximum Gasteiger partial charge on any atom is 0.244 e. The number of thiazole rings is 1. The van der Waals surface area contributed by atoms with Crippen molar-refractivity contribution in [3.05, 3.63) is 43.5 Å². The Morgan fingerprint density at radius 2 is 2.41 bits per heavy atom. The highest BCUT2D eigenvalue weighted by atomic mass is 79.9. The highest BCUT2D eigenvalue weighted by molar-refractivity contribution is 9.11. The van der Waals surface area contributed by atoms with Gasteiger partial charge in [-0.25, -0.2) is 4.98 Å². The number of amides is 1. The second-order valence-electron chi connectivity index (χ2n) is 3.16. The monoisotopic (exact) mass is 328 g/mol. The number of hydrogen-bond acceptors (Lipinski definition) is 4. The molecule has 17 heavy (non-hydrogen) atoms. The van der Waals surface area contributed by atoms with Crippen LogP contribution in [0.2, 0.25) is 0 Å². The van der Waals surface area contributed by atoms with Crippen LogP contribution in [0.3, 0.4) is 0 Å². The second-order valence-corrected chi connectivity index (χ2v) is 6.43. The molecule has 2 aromatic rings. The van der Waals surface area contributed by atoms with E-state index in [9.17, 15) is 4.79 Å². The minimum Gasteiger partial charge on any atom is -0.346 e. The molecule has 0 atom stereocenters. The molecule has 1 amide bonds. The van der Waals surface area contributed by atoms with Crippen LogP contribution in [0, 0.1) is 0 Å². The molecule has 1 N–H and O–H groups in total. The lowest BCUT2D eigenvalue weighted by molar-refractivity contribution is -0.116. The van der Waals surface area contributed by atoms with E-state index in [0.29, 0.717) is 6.54 Å². The summed E-state index contributed by atoms with van der Waals surface area (Å²) in [6.07, 6.45) is 5.05. The summed E-state index contributed by atoms with van der Waals surface area (Å²) in [5.74, 6) is -0.109. The molecule has 2 aromatic heterocycles. The first-order valence-corrected chi connectivity index (χ1v) is 7.37. The van der Waals surface area contributed by atoms with Crippen LogP contribution in [0.1, 0.15) is 10.6 Å². The van der Waals surface area contributed by atoms with E-state index in [4.69, 9.17) is 0 Å². The molecule has 0 radical (unpaired) electrons. The van der Waals surface area contributed by atoms with E-state index in [1.807, 2.05) is 16.8 Å². The molecule has 6 heteroatoms. The van der Waals surface area contributed by atoms with Gasteiger partial charge < -0.3 is 5.32 Å². The molecule has 0 saturated carbocycles. The quantitative estimate of drug-likeness (QED) is 0.875. The van der Waals surface area contributed by atoms with E-state index >= 15 is 0 Å². The lowest BCUT2D eigenvalue weighted by Gasteiger charge is -1.97. The molecule has 0 aliphatic heterocycles. The van der Waals surface area contributed by atoms with E-state index in [-0.39, 0.29) is 5.91 Å². The van der Waals surface area contributed by atoms with Crippen LogP contribution in [0.4, 0.5) is 0 Å². The van der Waals surface area contributed by atoms with Gasteiger partial charge >= 0.3 is 0 Å². The van der Waals surface area contributed by atoms with Crippen molar-refractivity contribution < 1.29 is 4.79 Å². The van der Waals surface area contributed by atoms with Crippen molar-refractivity contribution in [3.8, 4) is 0 Å². The molecule has 0 unspecified atom stereocenters. The summed E-state index contributed by atoms with van der Waals surface area (Å²) < 4.78 is 1.06. The standard InChI is InChI=1S/C11H9BrN2OS2/c12-9-5-8(7-17-9)1-2-10(15)14-6-11-13-3-4-16-11/h1-5,7H,6H2,(H,14,15)/b2-1-. The van der Waals surface area contributed by atoms with Crippen molar-refractivity contribution in [2.45, 2.75) is 6.54 Å². The lowest BCUT2D eigenvalue weighted by atomic mass is 10.3. The zero-order valence-electron chi connectivity index (χ0n) is 8.72. The number of halogens is 1. The Hall–Kier alpha value is -0.980. The Labute approximate surface area is 115 Å². The van der Waals surface area contributed by atoms with Crippen molar-refractivity contribution in [3.63, 3.8) is 0 Å². The van der Waals surface area contributed by atoms with Gasteiger partial charge in [-0.15, -0.1) is 22.7 Å². The van der Waals surface area contributed by atoms with Crippen LogP contribution in [0.5, 0.6) is 0 Å².